The molecule has 1 amide bonds. The van der Waals surface area contributed by atoms with Crippen molar-refractivity contribution < 1.29 is 17.6 Å². The normalized spacial score (nSPS) is 10.9. The van der Waals surface area contributed by atoms with E-state index >= 15 is 0 Å². The minimum Gasteiger partial charge on any atom is -0.313 e. The first-order chi connectivity index (χ1) is 13.8. The van der Waals surface area contributed by atoms with E-state index in [9.17, 15) is 27.2 Å². The van der Waals surface area contributed by atoms with Crippen LogP contribution in [-0.4, -0.2) is 24.3 Å². The highest BCUT2D eigenvalue weighted by Gasteiger charge is 2.19. The Morgan fingerprint density at radius 2 is 1.69 bits per heavy atom. The third-order valence-electron chi connectivity index (χ3n) is 3.66. The van der Waals surface area contributed by atoms with Crippen LogP contribution in [0.5, 0.6) is 0 Å². The molecule has 3 rings (SSSR count). The van der Waals surface area contributed by atoms with Gasteiger partial charge in [0.25, 0.3) is 21.5 Å². The molecule has 0 saturated carbocycles. The second-order valence-electron chi connectivity index (χ2n) is 5.68. The number of hydrazine groups is 1. The van der Waals surface area contributed by atoms with E-state index in [1.807, 2.05) is 4.98 Å². The van der Waals surface area contributed by atoms with Crippen LogP contribution in [0, 0.1) is 5.82 Å². The highest BCUT2D eigenvalue weighted by molar-refractivity contribution is 7.92. The van der Waals surface area contributed by atoms with E-state index in [1.54, 1.807) is 6.07 Å². The van der Waals surface area contributed by atoms with E-state index in [2.05, 4.69) is 20.6 Å². The molecule has 0 aliphatic rings. The molecule has 0 fully saturated rings. The Morgan fingerprint density at radius 1 is 1.00 bits per heavy atom. The molecule has 0 atom stereocenters. The molecule has 2 aromatic carbocycles. The van der Waals surface area contributed by atoms with E-state index in [-0.39, 0.29) is 16.9 Å². The number of para-hydroxylation sites is 1. The zero-order valence-electron chi connectivity index (χ0n) is 14.5. The third-order valence-corrected chi connectivity index (χ3v) is 5.05. The van der Waals surface area contributed by atoms with Crippen molar-refractivity contribution in [2.75, 3.05) is 10.1 Å². The molecule has 1 heterocycles. The fourth-order valence-electron chi connectivity index (χ4n) is 2.26. The Morgan fingerprint density at radius 3 is 2.34 bits per heavy atom. The predicted molar refractivity (Wildman–Crippen MR) is 102 cm³/mol. The first-order valence-electron chi connectivity index (χ1n) is 8.02. The third kappa shape index (κ3) is 4.68. The minimum absolute atomic E-state index is 0.0780. The maximum absolute atomic E-state index is 13.5. The van der Waals surface area contributed by atoms with Crippen molar-refractivity contribution in [3.05, 3.63) is 86.9 Å². The lowest BCUT2D eigenvalue weighted by Gasteiger charge is -2.10. The van der Waals surface area contributed by atoms with Gasteiger partial charge in [0.1, 0.15) is 5.82 Å². The van der Waals surface area contributed by atoms with Gasteiger partial charge in [0, 0.05) is 17.4 Å². The van der Waals surface area contributed by atoms with E-state index in [0.29, 0.717) is 0 Å². The SMILES string of the molecule is O=C(NNc1ccccc1F)c1ccc(NS(=O)(=O)c2c[nH]c(=O)[nH]c2=O)cc1. The van der Waals surface area contributed by atoms with Crippen molar-refractivity contribution in [3.63, 3.8) is 0 Å². The van der Waals surface area contributed by atoms with Gasteiger partial charge in [0.05, 0.1) is 5.69 Å². The van der Waals surface area contributed by atoms with Crippen molar-refractivity contribution >= 4 is 27.3 Å². The van der Waals surface area contributed by atoms with Gasteiger partial charge in [-0.15, -0.1) is 0 Å². The number of benzene rings is 2. The van der Waals surface area contributed by atoms with E-state index < -0.39 is 37.9 Å². The molecule has 0 radical (unpaired) electrons. The van der Waals surface area contributed by atoms with Crippen LogP contribution in [0.2, 0.25) is 0 Å². The van der Waals surface area contributed by atoms with Crippen molar-refractivity contribution in [2.24, 2.45) is 0 Å². The summed E-state index contributed by atoms with van der Waals surface area (Å²) in [5.74, 6) is -1.13. The molecule has 10 nitrogen and oxygen atoms in total. The van der Waals surface area contributed by atoms with Gasteiger partial charge in [0.15, 0.2) is 4.90 Å². The number of carbonyl (C=O) groups excluding carboxylic acids is 1. The fourth-order valence-corrected chi connectivity index (χ4v) is 3.32. The van der Waals surface area contributed by atoms with Crippen LogP contribution in [0.1, 0.15) is 10.4 Å². The Balaban J connectivity index is 1.69. The Hall–Kier alpha value is -3.93. The lowest BCUT2D eigenvalue weighted by atomic mass is 10.2. The second-order valence-corrected chi connectivity index (χ2v) is 7.33. The van der Waals surface area contributed by atoms with Crippen LogP contribution in [0.25, 0.3) is 0 Å². The zero-order chi connectivity index (χ0) is 21.0. The first kappa shape index (κ1) is 19.8. The molecular formula is C17H14FN5O5S. The number of aromatic nitrogens is 2. The Labute approximate surface area is 162 Å². The Kier molecular flexibility index (Phi) is 5.45. The quantitative estimate of drug-likeness (QED) is 0.372. The molecule has 3 aromatic rings. The van der Waals surface area contributed by atoms with Crippen LogP contribution in [0.4, 0.5) is 15.8 Å². The number of anilines is 2. The summed E-state index contributed by atoms with van der Waals surface area (Å²) in [7, 11) is -4.26. The summed E-state index contributed by atoms with van der Waals surface area (Å²) in [4.78, 5) is 38.0. The van der Waals surface area contributed by atoms with Crippen molar-refractivity contribution in [1.82, 2.24) is 15.4 Å². The first-order valence-corrected chi connectivity index (χ1v) is 9.50. The zero-order valence-corrected chi connectivity index (χ0v) is 15.3. The molecule has 0 aliphatic heterocycles. The maximum Gasteiger partial charge on any atom is 0.325 e. The van der Waals surface area contributed by atoms with Gasteiger partial charge in [-0.05, 0) is 36.4 Å². The summed E-state index contributed by atoms with van der Waals surface area (Å²) in [5.41, 5.74) is 3.17. The van der Waals surface area contributed by atoms with Crippen LogP contribution >= 0.6 is 0 Å². The number of aromatic amines is 2. The lowest BCUT2D eigenvalue weighted by Crippen LogP contribution is -2.30. The molecule has 0 bridgehead atoms. The summed E-state index contributed by atoms with van der Waals surface area (Å²) < 4.78 is 40.2. The van der Waals surface area contributed by atoms with E-state index in [0.717, 1.165) is 6.20 Å². The molecule has 0 saturated heterocycles. The summed E-state index contributed by atoms with van der Waals surface area (Å²) in [6.07, 6.45) is 0.777. The largest absolute Gasteiger partial charge is 0.325 e. The number of H-pyrrole nitrogens is 2. The average molecular weight is 419 g/mol. The number of carbonyl (C=O) groups is 1. The number of hydrogen-bond acceptors (Lipinski definition) is 6. The number of hydrogen-bond donors (Lipinski definition) is 5. The molecule has 150 valence electrons. The minimum atomic E-state index is -4.26. The maximum atomic E-state index is 13.5. The van der Waals surface area contributed by atoms with Gasteiger partial charge in [0.2, 0.25) is 0 Å². The van der Waals surface area contributed by atoms with Crippen LogP contribution < -0.4 is 26.8 Å². The van der Waals surface area contributed by atoms with Gasteiger partial charge in [-0.2, -0.15) is 0 Å². The Bertz CT molecular complexity index is 1270. The van der Waals surface area contributed by atoms with Crippen molar-refractivity contribution in [2.45, 2.75) is 4.90 Å². The molecular weight excluding hydrogens is 405 g/mol. The molecule has 5 N–H and O–H groups in total. The summed E-state index contributed by atoms with van der Waals surface area (Å²) >= 11 is 0. The van der Waals surface area contributed by atoms with Crippen molar-refractivity contribution in [1.29, 1.82) is 0 Å². The number of rotatable bonds is 6. The molecule has 0 aliphatic carbocycles. The molecule has 29 heavy (non-hydrogen) atoms. The standard InChI is InChI=1S/C17H14FN5O5S/c18-12-3-1-2-4-13(12)21-22-15(24)10-5-7-11(8-6-10)23-29(27,28)14-9-19-17(26)20-16(14)25/h1-9,21,23H,(H,22,24)(H2,19,20,25,26). The van der Waals surface area contributed by atoms with Gasteiger partial charge in [-0.1, -0.05) is 12.1 Å². The molecule has 0 unspecified atom stereocenters. The van der Waals surface area contributed by atoms with Gasteiger partial charge < -0.3 is 4.98 Å². The number of nitrogens with one attached hydrogen (secondary N) is 5. The van der Waals surface area contributed by atoms with Crippen LogP contribution in [-0.2, 0) is 10.0 Å². The molecule has 1 aromatic heterocycles. The van der Waals surface area contributed by atoms with Crippen molar-refractivity contribution in [3.8, 4) is 0 Å². The lowest BCUT2D eigenvalue weighted by molar-refractivity contribution is 0.0962. The number of halogens is 1. The smallest absolute Gasteiger partial charge is 0.313 e. The van der Waals surface area contributed by atoms with Gasteiger partial charge in [-0.25, -0.2) is 17.6 Å². The summed E-state index contributed by atoms with van der Waals surface area (Å²) in [6, 6.07) is 11.0. The second kappa shape index (κ2) is 7.98. The highest BCUT2D eigenvalue weighted by Crippen LogP contribution is 2.15. The van der Waals surface area contributed by atoms with Crippen LogP contribution in [0.3, 0.4) is 0 Å². The van der Waals surface area contributed by atoms with Gasteiger partial charge >= 0.3 is 5.69 Å². The summed E-state index contributed by atoms with van der Waals surface area (Å²) in [5, 5.41) is 0. The highest BCUT2D eigenvalue weighted by atomic mass is 32.2. The number of sulfonamides is 1. The topological polar surface area (TPSA) is 153 Å². The predicted octanol–water partition coefficient (Wildman–Crippen LogP) is 0.760. The summed E-state index contributed by atoms with van der Waals surface area (Å²) in [6.45, 7) is 0. The average Bonchev–Trinajstić information content (AvgIpc) is 2.67. The number of amides is 1. The monoisotopic (exact) mass is 419 g/mol. The van der Waals surface area contributed by atoms with E-state index in [4.69, 9.17) is 0 Å². The van der Waals surface area contributed by atoms with Gasteiger partial charge in [-0.3, -0.25) is 30.1 Å². The van der Waals surface area contributed by atoms with Crippen LogP contribution in [0.15, 0.2) is 69.2 Å². The fraction of sp³-hybridized carbons (Fsp3) is 0. The van der Waals surface area contributed by atoms with E-state index in [1.165, 1.54) is 42.5 Å². The molecule has 12 heteroatoms. The molecule has 0 spiro atoms.